The number of imidazole rings is 1. The van der Waals surface area contributed by atoms with Crippen LogP contribution in [0.5, 0.6) is 0 Å². The van der Waals surface area contributed by atoms with Crippen LogP contribution in [-0.2, 0) is 4.79 Å². The summed E-state index contributed by atoms with van der Waals surface area (Å²) in [7, 11) is 0. The van der Waals surface area contributed by atoms with Gasteiger partial charge in [0.2, 0.25) is 11.9 Å². The van der Waals surface area contributed by atoms with Crippen LogP contribution in [0.25, 0.3) is 0 Å². The van der Waals surface area contributed by atoms with Crippen LogP contribution in [-0.4, -0.2) is 21.7 Å². The minimum Gasteiger partial charge on any atom is -0.314 e. The Balaban J connectivity index is 1.99. The van der Waals surface area contributed by atoms with Crippen LogP contribution >= 0.6 is 0 Å². The van der Waals surface area contributed by atoms with Crippen LogP contribution in [0.3, 0.4) is 0 Å². The lowest BCUT2D eigenvalue weighted by atomic mass is 9.82. The van der Waals surface area contributed by atoms with Gasteiger partial charge in [-0.2, -0.15) is 10.5 Å². The molecule has 0 saturated heterocycles. The number of benzene rings is 1. The van der Waals surface area contributed by atoms with Crippen molar-refractivity contribution in [2.45, 2.75) is 33.6 Å². The van der Waals surface area contributed by atoms with Crippen LogP contribution < -0.4 is 5.32 Å². The van der Waals surface area contributed by atoms with E-state index in [-0.39, 0.29) is 41.9 Å². The fourth-order valence-corrected chi connectivity index (χ4v) is 2.54. The number of carbonyl (C=O) groups excluding carboxylic acids is 2. The van der Waals surface area contributed by atoms with E-state index in [0.717, 1.165) is 5.56 Å². The molecule has 2 rings (SSSR count). The number of anilines is 1. The molecule has 1 aromatic heterocycles. The van der Waals surface area contributed by atoms with Gasteiger partial charge in [0.1, 0.15) is 12.1 Å². The molecular weight excluding hydrogens is 330 g/mol. The molecule has 0 saturated carbocycles. The van der Waals surface area contributed by atoms with Crippen molar-refractivity contribution in [3.8, 4) is 12.1 Å². The van der Waals surface area contributed by atoms with Crippen LogP contribution in [0.2, 0.25) is 0 Å². The molecule has 2 N–H and O–H groups in total. The number of nitrogens with one attached hydrogen (secondary N) is 2. The van der Waals surface area contributed by atoms with Gasteiger partial charge >= 0.3 is 0 Å². The van der Waals surface area contributed by atoms with Crippen LogP contribution in [0.4, 0.5) is 5.95 Å². The van der Waals surface area contributed by atoms with Crippen molar-refractivity contribution < 1.29 is 9.59 Å². The summed E-state index contributed by atoms with van der Waals surface area (Å²) in [6.45, 7) is 5.62. The quantitative estimate of drug-likeness (QED) is 0.776. The van der Waals surface area contributed by atoms with E-state index in [2.05, 4.69) is 15.3 Å². The van der Waals surface area contributed by atoms with E-state index >= 15 is 0 Å². The van der Waals surface area contributed by atoms with Gasteiger partial charge in [-0.05, 0) is 12.3 Å². The summed E-state index contributed by atoms with van der Waals surface area (Å²) < 4.78 is 0. The standard InChI is InChI=1S/C19H19N5O2/c1-12-4-6-13(7-5-12)16(25)8-19(2,3)9-17(26)24-18-22-14(10-20)15(11-21)23-18/h4-7H,8-9H2,1-3H3,(H2,22,23,24,26). The third-order valence-corrected chi connectivity index (χ3v) is 3.83. The second-order valence-corrected chi connectivity index (χ2v) is 6.89. The van der Waals surface area contributed by atoms with Crippen molar-refractivity contribution in [3.63, 3.8) is 0 Å². The Kier molecular flexibility index (Phi) is 5.54. The minimum absolute atomic E-state index is 0.00314. The highest BCUT2D eigenvalue weighted by Gasteiger charge is 2.26. The Morgan fingerprint density at radius 2 is 1.81 bits per heavy atom. The van der Waals surface area contributed by atoms with Gasteiger partial charge in [-0.1, -0.05) is 43.7 Å². The number of nitrogens with zero attached hydrogens (tertiary/aromatic N) is 3. The van der Waals surface area contributed by atoms with Gasteiger partial charge in [0, 0.05) is 18.4 Å². The second kappa shape index (κ2) is 7.62. The number of ketones is 1. The molecule has 1 amide bonds. The number of hydrogen-bond donors (Lipinski definition) is 2. The van der Waals surface area contributed by atoms with Crippen LogP contribution in [0.1, 0.15) is 54.0 Å². The van der Waals surface area contributed by atoms with Crippen molar-refractivity contribution >= 4 is 17.6 Å². The zero-order chi connectivity index (χ0) is 19.3. The van der Waals surface area contributed by atoms with Crippen molar-refractivity contribution in [3.05, 3.63) is 46.8 Å². The lowest BCUT2D eigenvalue weighted by molar-refractivity contribution is -0.118. The van der Waals surface area contributed by atoms with Crippen molar-refractivity contribution in [1.29, 1.82) is 10.5 Å². The molecule has 0 spiro atoms. The zero-order valence-corrected chi connectivity index (χ0v) is 14.9. The SMILES string of the molecule is Cc1ccc(C(=O)CC(C)(C)CC(=O)Nc2nc(C#N)c(C#N)[nH]2)cc1. The van der Waals surface area contributed by atoms with Gasteiger partial charge in [-0.25, -0.2) is 4.98 Å². The average Bonchev–Trinajstić information content (AvgIpc) is 2.96. The summed E-state index contributed by atoms with van der Waals surface area (Å²) >= 11 is 0. The highest BCUT2D eigenvalue weighted by atomic mass is 16.2. The number of aryl methyl sites for hydroxylation is 1. The summed E-state index contributed by atoms with van der Waals surface area (Å²) in [4.78, 5) is 31.1. The van der Waals surface area contributed by atoms with Crippen molar-refractivity contribution in [1.82, 2.24) is 9.97 Å². The molecular formula is C19H19N5O2. The summed E-state index contributed by atoms with van der Waals surface area (Å²) in [5.41, 5.74) is 1.06. The predicted octanol–water partition coefficient (Wildman–Crippen LogP) is 3.09. The Bertz CT molecular complexity index is 879. The third kappa shape index (κ3) is 4.78. The van der Waals surface area contributed by atoms with Crippen LogP contribution in [0.15, 0.2) is 24.3 Å². The molecule has 0 radical (unpaired) electrons. The highest BCUT2D eigenvalue weighted by Crippen LogP contribution is 2.27. The number of aromatic nitrogens is 2. The Hall–Kier alpha value is -3.45. The van der Waals surface area contributed by atoms with Gasteiger partial charge in [0.25, 0.3) is 0 Å². The van der Waals surface area contributed by atoms with Gasteiger partial charge < -0.3 is 4.98 Å². The third-order valence-electron chi connectivity index (χ3n) is 3.83. The number of H-pyrrole nitrogens is 1. The molecule has 0 fully saturated rings. The fraction of sp³-hybridized carbons (Fsp3) is 0.316. The summed E-state index contributed by atoms with van der Waals surface area (Å²) in [5, 5.41) is 20.3. The zero-order valence-electron chi connectivity index (χ0n) is 14.9. The minimum atomic E-state index is -0.561. The number of hydrogen-bond acceptors (Lipinski definition) is 5. The molecule has 0 aliphatic rings. The first-order valence-electron chi connectivity index (χ1n) is 8.04. The van der Waals surface area contributed by atoms with E-state index < -0.39 is 5.41 Å². The molecule has 0 aliphatic heterocycles. The summed E-state index contributed by atoms with van der Waals surface area (Å²) in [6, 6.07) is 10.9. The first kappa shape index (κ1) is 18.9. The topological polar surface area (TPSA) is 122 Å². The Morgan fingerprint density at radius 1 is 1.15 bits per heavy atom. The van der Waals surface area contributed by atoms with Gasteiger partial charge in [0.05, 0.1) is 0 Å². The Labute approximate surface area is 151 Å². The normalized spacial score (nSPS) is 10.7. The molecule has 1 heterocycles. The molecule has 0 bridgehead atoms. The van der Waals surface area contributed by atoms with Crippen molar-refractivity contribution in [2.24, 2.45) is 5.41 Å². The number of amides is 1. The maximum atomic E-state index is 12.4. The van der Waals surface area contributed by atoms with E-state index in [4.69, 9.17) is 10.5 Å². The highest BCUT2D eigenvalue weighted by molar-refractivity contribution is 5.97. The monoisotopic (exact) mass is 349 g/mol. The molecule has 132 valence electrons. The Morgan fingerprint density at radius 3 is 2.35 bits per heavy atom. The first-order valence-corrected chi connectivity index (χ1v) is 8.04. The lowest BCUT2D eigenvalue weighted by Gasteiger charge is -2.22. The lowest BCUT2D eigenvalue weighted by Crippen LogP contribution is -2.25. The van der Waals surface area contributed by atoms with Crippen molar-refractivity contribution in [2.75, 3.05) is 5.32 Å². The van der Waals surface area contributed by atoms with E-state index in [1.165, 1.54) is 0 Å². The van der Waals surface area contributed by atoms with Gasteiger partial charge in [0.15, 0.2) is 17.2 Å². The summed E-state index contributed by atoms with van der Waals surface area (Å²) in [5.74, 6) is -0.336. The first-order chi connectivity index (χ1) is 12.2. The molecule has 2 aromatic rings. The van der Waals surface area contributed by atoms with E-state index in [1.54, 1.807) is 24.3 Å². The van der Waals surface area contributed by atoms with E-state index in [9.17, 15) is 9.59 Å². The van der Waals surface area contributed by atoms with Gasteiger partial charge in [-0.3, -0.25) is 14.9 Å². The molecule has 26 heavy (non-hydrogen) atoms. The maximum Gasteiger partial charge on any atom is 0.227 e. The molecule has 0 unspecified atom stereocenters. The van der Waals surface area contributed by atoms with Crippen LogP contribution in [0, 0.1) is 35.0 Å². The number of nitriles is 2. The fourth-order valence-electron chi connectivity index (χ4n) is 2.54. The van der Waals surface area contributed by atoms with Gasteiger partial charge in [-0.15, -0.1) is 0 Å². The van der Waals surface area contributed by atoms with E-state index in [0.29, 0.717) is 5.56 Å². The predicted molar refractivity (Wildman–Crippen MR) is 95.2 cm³/mol. The van der Waals surface area contributed by atoms with E-state index in [1.807, 2.05) is 32.9 Å². The maximum absolute atomic E-state index is 12.4. The molecule has 0 aliphatic carbocycles. The number of Topliss-reactive ketones (excluding diaryl/α,β-unsaturated/α-hetero) is 1. The molecule has 1 aromatic carbocycles. The number of rotatable bonds is 6. The smallest absolute Gasteiger partial charge is 0.227 e. The average molecular weight is 349 g/mol. The molecule has 7 nitrogen and oxygen atoms in total. The summed E-state index contributed by atoms with van der Waals surface area (Å²) in [6.07, 6.45) is 0.309. The largest absolute Gasteiger partial charge is 0.314 e. The second-order valence-electron chi connectivity index (χ2n) is 6.89. The number of carbonyl (C=O) groups is 2. The number of aromatic amines is 1. The molecule has 7 heteroatoms. The molecule has 0 atom stereocenters.